The van der Waals surface area contributed by atoms with Gasteiger partial charge in [0, 0.05) is 0 Å². The monoisotopic (exact) mass is 351 g/mol. The van der Waals surface area contributed by atoms with Crippen molar-refractivity contribution < 1.29 is 13.5 Å². The Labute approximate surface area is 135 Å². The van der Waals surface area contributed by atoms with E-state index < -0.39 is 22.2 Å². The maximum atomic E-state index is 12.4. The van der Waals surface area contributed by atoms with Gasteiger partial charge in [0.15, 0.2) is 0 Å². The number of allylic oxidation sites excluding steroid dienone is 1. The van der Waals surface area contributed by atoms with E-state index in [4.69, 9.17) is 11.6 Å². The summed E-state index contributed by atoms with van der Waals surface area (Å²) < 4.78 is 27.9. The van der Waals surface area contributed by atoms with Crippen LogP contribution in [0.5, 0.6) is 0 Å². The summed E-state index contributed by atoms with van der Waals surface area (Å²) in [6.45, 7) is 5.76. The number of thiophene rings is 1. The molecule has 0 fully saturated rings. The molecule has 2 N–H and O–H groups in total. The van der Waals surface area contributed by atoms with Crippen LogP contribution in [0.3, 0.4) is 0 Å². The first-order valence-electron chi connectivity index (χ1n) is 6.88. The number of halogens is 1. The number of sulfonamides is 1. The van der Waals surface area contributed by atoms with Crippen LogP contribution < -0.4 is 4.72 Å². The topological polar surface area (TPSA) is 66.4 Å². The normalized spacial score (nSPS) is 17.0. The van der Waals surface area contributed by atoms with E-state index in [1.807, 2.05) is 32.9 Å². The second-order valence-electron chi connectivity index (χ2n) is 4.96. The third kappa shape index (κ3) is 5.38. The first-order chi connectivity index (χ1) is 9.81. The molecule has 1 heterocycles. The predicted molar refractivity (Wildman–Crippen MR) is 88.3 cm³/mol. The smallest absolute Gasteiger partial charge is 0.250 e. The Morgan fingerprint density at radius 1 is 1.48 bits per heavy atom. The van der Waals surface area contributed by atoms with Crippen LogP contribution in [0.25, 0.3) is 0 Å². The lowest BCUT2D eigenvalue weighted by Gasteiger charge is -2.28. The average Bonchev–Trinajstić information content (AvgIpc) is 2.88. The second-order valence-corrected chi connectivity index (χ2v) is 8.62. The van der Waals surface area contributed by atoms with Gasteiger partial charge in [-0.2, -0.15) is 0 Å². The van der Waals surface area contributed by atoms with Crippen LogP contribution in [0.15, 0.2) is 28.5 Å². The fraction of sp³-hybridized carbons (Fsp3) is 0.571. The van der Waals surface area contributed by atoms with Crippen molar-refractivity contribution >= 4 is 33.0 Å². The fourth-order valence-corrected chi connectivity index (χ4v) is 4.81. The highest BCUT2D eigenvalue weighted by molar-refractivity contribution is 7.91. The van der Waals surface area contributed by atoms with Crippen molar-refractivity contribution in [3.05, 3.63) is 28.6 Å². The van der Waals surface area contributed by atoms with Crippen LogP contribution in [0.2, 0.25) is 4.34 Å². The molecule has 21 heavy (non-hydrogen) atoms. The number of hydrogen-bond donors (Lipinski definition) is 2. The summed E-state index contributed by atoms with van der Waals surface area (Å²) in [5.41, 5.74) is 0. The number of rotatable bonds is 8. The van der Waals surface area contributed by atoms with Gasteiger partial charge in [-0.25, -0.2) is 13.1 Å². The highest BCUT2D eigenvalue weighted by Crippen LogP contribution is 2.26. The van der Waals surface area contributed by atoms with Crippen LogP contribution >= 0.6 is 22.9 Å². The quantitative estimate of drug-likeness (QED) is 0.705. The van der Waals surface area contributed by atoms with E-state index >= 15 is 0 Å². The van der Waals surface area contributed by atoms with Crippen LogP contribution in [-0.4, -0.2) is 25.7 Å². The van der Waals surface area contributed by atoms with Gasteiger partial charge >= 0.3 is 0 Å². The average molecular weight is 352 g/mol. The first kappa shape index (κ1) is 18.6. The summed E-state index contributed by atoms with van der Waals surface area (Å²) in [5.74, 6) is 0.0236. The van der Waals surface area contributed by atoms with Gasteiger partial charge in [-0.15, -0.1) is 11.3 Å². The standard InChI is InChI=1S/C14H22ClNO3S2/c1-4-6-7-11(17)14(10(3)5-2)16-21(18,19)13-9-8-12(15)20-13/h4,6,8-11,14,16-17H,5,7H2,1-3H3/b6-4+/t10-,11-,14-/m0/s1. The van der Waals surface area contributed by atoms with Gasteiger partial charge in [0.1, 0.15) is 4.21 Å². The lowest BCUT2D eigenvalue weighted by atomic mass is 9.93. The minimum atomic E-state index is -3.66. The zero-order chi connectivity index (χ0) is 16.0. The Hall–Kier alpha value is -0.400. The van der Waals surface area contributed by atoms with Crippen LogP contribution in [0, 0.1) is 5.92 Å². The van der Waals surface area contributed by atoms with Crippen molar-refractivity contribution in [1.29, 1.82) is 0 Å². The predicted octanol–water partition coefficient (Wildman–Crippen LogP) is 3.42. The van der Waals surface area contributed by atoms with E-state index in [0.717, 1.165) is 17.8 Å². The lowest BCUT2D eigenvalue weighted by Crippen LogP contribution is -2.47. The van der Waals surface area contributed by atoms with Crippen molar-refractivity contribution in [2.75, 3.05) is 0 Å². The largest absolute Gasteiger partial charge is 0.391 e. The van der Waals surface area contributed by atoms with E-state index in [1.165, 1.54) is 6.07 Å². The molecular formula is C14H22ClNO3S2. The maximum Gasteiger partial charge on any atom is 0.250 e. The molecule has 4 nitrogen and oxygen atoms in total. The Morgan fingerprint density at radius 3 is 2.62 bits per heavy atom. The number of aliphatic hydroxyl groups excluding tert-OH is 1. The Bertz CT molecular complexity index is 569. The highest BCUT2D eigenvalue weighted by Gasteiger charge is 2.29. The Balaban J connectivity index is 2.95. The van der Waals surface area contributed by atoms with Crippen LogP contribution in [0.4, 0.5) is 0 Å². The first-order valence-corrected chi connectivity index (χ1v) is 9.56. The SMILES string of the molecule is C/C=C/C[C@H](O)[C@@H](NS(=O)(=O)c1ccc(Cl)s1)[C@@H](C)CC. The lowest BCUT2D eigenvalue weighted by molar-refractivity contribution is 0.114. The van der Waals surface area contributed by atoms with Gasteiger partial charge in [0.05, 0.1) is 16.5 Å². The van der Waals surface area contributed by atoms with Gasteiger partial charge in [0.2, 0.25) is 10.0 Å². The van der Waals surface area contributed by atoms with Gasteiger partial charge in [-0.05, 0) is 31.4 Å². The van der Waals surface area contributed by atoms with Gasteiger partial charge in [-0.1, -0.05) is 44.0 Å². The maximum absolute atomic E-state index is 12.4. The van der Waals surface area contributed by atoms with Gasteiger partial charge in [0.25, 0.3) is 0 Å². The molecule has 0 aromatic carbocycles. The van der Waals surface area contributed by atoms with Crippen molar-refractivity contribution in [2.24, 2.45) is 5.92 Å². The summed E-state index contributed by atoms with van der Waals surface area (Å²) in [6, 6.07) is 2.49. The number of aliphatic hydroxyl groups is 1. The molecule has 3 atom stereocenters. The van der Waals surface area contributed by atoms with E-state index in [2.05, 4.69) is 4.72 Å². The molecule has 120 valence electrons. The molecule has 0 saturated carbocycles. The third-order valence-electron chi connectivity index (χ3n) is 3.39. The van der Waals surface area contributed by atoms with E-state index in [0.29, 0.717) is 10.8 Å². The Kier molecular flexibility index (Phi) is 7.36. The Morgan fingerprint density at radius 2 is 2.14 bits per heavy atom. The molecule has 0 aliphatic heterocycles. The van der Waals surface area contributed by atoms with E-state index in [9.17, 15) is 13.5 Å². The summed E-state index contributed by atoms with van der Waals surface area (Å²) >= 11 is 6.80. The highest BCUT2D eigenvalue weighted by atomic mass is 35.5. The molecule has 1 aromatic heterocycles. The van der Waals surface area contributed by atoms with E-state index in [1.54, 1.807) is 6.07 Å². The molecule has 0 spiro atoms. The minimum absolute atomic E-state index is 0.0236. The molecule has 0 amide bonds. The van der Waals surface area contributed by atoms with Crippen molar-refractivity contribution in [3.63, 3.8) is 0 Å². The van der Waals surface area contributed by atoms with Crippen LogP contribution in [-0.2, 0) is 10.0 Å². The molecular weight excluding hydrogens is 330 g/mol. The van der Waals surface area contributed by atoms with E-state index in [-0.39, 0.29) is 10.1 Å². The van der Waals surface area contributed by atoms with Crippen molar-refractivity contribution in [1.82, 2.24) is 4.72 Å². The molecule has 0 aliphatic rings. The van der Waals surface area contributed by atoms with Gasteiger partial charge < -0.3 is 5.11 Å². The fourth-order valence-electron chi connectivity index (χ4n) is 1.93. The summed E-state index contributed by atoms with van der Waals surface area (Å²) in [7, 11) is -3.66. The molecule has 0 radical (unpaired) electrons. The molecule has 1 rings (SSSR count). The summed E-state index contributed by atoms with van der Waals surface area (Å²) in [4.78, 5) is 0. The zero-order valence-corrected chi connectivity index (χ0v) is 14.8. The second kappa shape index (κ2) is 8.29. The number of nitrogens with one attached hydrogen (secondary N) is 1. The molecule has 0 saturated heterocycles. The van der Waals surface area contributed by atoms with Crippen molar-refractivity contribution in [3.8, 4) is 0 Å². The molecule has 0 unspecified atom stereocenters. The summed E-state index contributed by atoms with van der Waals surface area (Å²) in [5, 5.41) is 10.3. The minimum Gasteiger partial charge on any atom is -0.391 e. The number of hydrogen-bond acceptors (Lipinski definition) is 4. The van der Waals surface area contributed by atoms with Crippen LogP contribution in [0.1, 0.15) is 33.6 Å². The molecule has 0 bridgehead atoms. The summed E-state index contributed by atoms with van der Waals surface area (Å²) in [6.07, 6.45) is 4.09. The zero-order valence-electron chi connectivity index (χ0n) is 12.4. The molecule has 1 aromatic rings. The molecule has 0 aliphatic carbocycles. The van der Waals surface area contributed by atoms with Gasteiger partial charge in [-0.3, -0.25) is 0 Å². The van der Waals surface area contributed by atoms with Crippen molar-refractivity contribution in [2.45, 2.75) is 50.0 Å². The molecule has 7 heteroatoms. The third-order valence-corrected chi connectivity index (χ3v) is 6.57.